The molecule has 1 aliphatic rings. The number of nitrogens with zero attached hydrogens (tertiary/aromatic N) is 2. The molecule has 0 aliphatic carbocycles. The Morgan fingerprint density at radius 1 is 0.852 bits per heavy atom. The minimum atomic E-state index is -3.56. The van der Waals surface area contributed by atoms with Gasteiger partial charge in [-0.1, -0.05) is 60.7 Å². The Labute approximate surface area is 162 Å². The van der Waals surface area contributed by atoms with Crippen LogP contribution in [0.4, 0.5) is 0 Å². The molecule has 2 aromatic rings. The van der Waals surface area contributed by atoms with Crippen molar-refractivity contribution in [1.29, 1.82) is 0 Å². The molecule has 27 heavy (non-hydrogen) atoms. The highest BCUT2D eigenvalue weighted by atomic mass is 32.2. The van der Waals surface area contributed by atoms with Crippen molar-refractivity contribution in [1.82, 2.24) is 9.80 Å². The Morgan fingerprint density at radius 2 is 1.44 bits per heavy atom. The fraction of sp³-hybridized carbons (Fsp3) is 0.333. The quantitative estimate of drug-likeness (QED) is 0.653. The first kappa shape index (κ1) is 19.6. The molecule has 1 aliphatic heterocycles. The Kier molecular flexibility index (Phi) is 7.04. The van der Waals surface area contributed by atoms with Gasteiger partial charge in [0.05, 0.1) is 5.75 Å². The van der Waals surface area contributed by atoms with Gasteiger partial charge in [0.1, 0.15) is 5.75 Å². The van der Waals surface area contributed by atoms with E-state index in [-0.39, 0.29) is 5.75 Å². The minimum absolute atomic E-state index is 0.00973. The molecule has 0 saturated carbocycles. The summed E-state index contributed by atoms with van der Waals surface area (Å²) < 4.78 is 29.4. The Bertz CT molecular complexity index is 815. The van der Waals surface area contributed by atoms with Gasteiger partial charge >= 0.3 is 10.1 Å². The first-order chi connectivity index (χ1) is 13.1. The maximum absolute atomic E-state index is 12.1. The summed E-state index contributed by atoms with van der Waals surface area (Å²) in [6.07, 6.45) is 4.32. The molecule has 1 saturated heterocycles. The number of hydrogen-bond donors (Lipinski definition) is 0. The second-order valence-corrected chi connectivity index (χ2v) is 8.30. The highest BCUT2D eigenvalue weighted by molar-refractivity contribution is 7.87. The Hall–Kier alpha value is -2.15. The highest BCUT2D eigenvalue weighted by Crippen LogP contribution is 2.12. The monoisotopic (exact) mass is 386 g/mol. The lowest BCUT2D eigenvalue weighted by atomic mass is 10.2. The van der Waals surface area contributed by atoms with Gasteiger partial charge in [0.2, 0.25) is 0 Å². The van der Waals surface area contributed by atoms with Gasteiger partial charge in [-0.2, -0.15) is 8.42 Å². The predicted octanol–water partition coefficient (Wildman–Crippen LogP) is 2.73. The average Bonchev–Trinajstić information content (AvgIpc) is 2.69. The van der Waals surface area contributed by atoms with Crippen LogP contribution in [-0.4, -0.2) is 63.2 Å². The molecule has 2 aromatic carbocycles. The lowest BCUT2D eigenvalue weighted by Gasteiger charge is -2.33. The third-order valence-corrected chi connectivity index (χ3v) is 5.69. The third-order valence-electron chi connectivity index (χ3n) is 4.56. The van der Waals surface area contributed by atoms with Gasteiger partial charge in [0, 0.05) is 39.3 Å². The summed E-state index contributed by atoms with van der Waals surface area (Å²) in [5.41, 5.74) is 1.21. The van der Waals surface area contributed by atoms with Crippen LogP contribution in [0.15, 0.2) is 66.7 Å². The second-order valence-electron chi connectivity index (χ2n) is 6.61. The molecular formula is C21H26N2O3S. The summed E-state index contributed by atoms with van der Waals surface area (Å²) in [4.78, 5) is 4.56. The normalized spacial score (nSPS) is 16.6. The van der Waals surface area contributed by atoms with Crippen molar-refractivity contribution in [2.75, 3.05) is 45.0 Å². The fourth-order valence-electron chi connectivity index (χ4n) is 3.00. The smallest absolute Gasteiger partial charge is 0.310 e. The van der Waals surface area contributed by atoms with Gasteiger partial charge in [0.25, 0.3) is 0 Å². The van der Waals surface area contributed by atoms with E-state index in [1.807, 2.05) is 24.3 Å². The number of rotatable bonds is 8. The summed E-state index contributed by atoms with van der Waals surface area (Å²) in [6, 6.07) is 18.9. The van der Waals surface area contributed by atoms with Crippen LogP contribution in [0, 0.1) is 0 Å². The van der Waals surface area contributed by atoms with Crippen molar-refractivity contribution in [2.45, 2.75) is 0 Å². The van der Waals surface area contributed by atoms with Crippen molar-refractivity contribution >= 4 is 16.2 Å². The van der Waals surface area contributed by atoms with E-state index in [0.29, 0.717) is 12.3 Å². The topological polar surface area (TPSA) is 49.9 Å². The van der Waals surface area contributed by atoms with Crippen LogP contribution in [0.2, 0.25) is 0 Å². The number of para-hydroxylation sites is 1. The van der Waals surface area contributed by atoms with Gasteiger partial charge in [-0.05, 0) is 17.7 Å². The Morgan fingerprint density at radius 3 is 2.11 bits per heavy atom. The summed E-state index contributed by atoms with van der Waals surface area (Å²) in [5.74, 6) is 0.378. The van der Waals surface area contributed by atoms with E-state index in [9.17, 15) is 8.42 Å². The predicted molar refractivity (Wildman–Crippen MR) is 109 cm³/mol. The molecule has 1 fully saturated rings. The average molecular weight is 387 g/mol. The largest absolute Gasteiger partial charge is 0.382 e. The van der Waals surface area contributed by atoms with E-state index in [0.717, 1.165) is 32.7 Å². The van der Waals surface area contributed by atoms with Gasteiger partial charge in [-0.25, -0.2) is 0 Å². The van der Waals surface area contributed by atoms with E-state index < -0.39 is 10.1 Å². The first-order valence-corrected chi connectivity index (χ1v) is 10.8. The van der Waals surface area contributed by atoms with Crippen molar-refractivity contribution in [2.24, 2.45) is 0 Å². The van der Waals surface area contributed by atoms with E-state index in [1.54, 1.807) is 24.3 Å². The molecule has 3 rings (SSSR count). The molecule has 0 atom stereocenters. The lowest BCUT2D eigenvalue weighted by Crippen LogP contribution is -2.47. The van der Waals surface area contributed by atoms with Gasteiger partial charge < -0.3 is 4.18 Å². The number of hydrogen-bond acceptors (Lipinski definition) is 5. The van der Waals surface area contributed by atoms with E-state index in [2.05, 4.69) is 34.1 Å². The summed E-state index contributed by atoms with van der Waals surface area (Å²) in [5, 5.41) is 0. The van der Waals surface area contributed by atoms with E-state index in [4.69, 9.17) is 4.18 Å². The zero-order valence-electron chi connectivity index (χ0n) is 15.4. The van der Waals surface area contributed by atoms with Crippen molar-refractivity contribution in [3.05, 3.63) is 72.3 Å². The van der Waals surface area contributed by atoms with Crippen LogP contribution < -0.4 is 4.18 Å². The summed E-state index contributed by atoms with van der Waals surface area (Å²) in [7, 11) is -3.56. The molecule has 0 spiro atoms. The minimum Gasteiger partial charge on any atom is -0.382 e. The maximum Gasteiger partial charge on any atom is 0.310 e. The van der Waals surface area contributed by atoms with Crippen molar-refractivity contribution < 1.29 is 12.6 Å². The Balaban J connectivity index is 1.37. The van der Waals surface area contributed by atoms with Crippen LogP contribution >= 0.6 is 0 Å². The van der Waals surface area contributed by atoms with E-state index in [1.165, 1.54) is 5.56 Å². The lowest BCUT2D eigenvalue weighted by molar-refractivity contribution is 0.148. The fourth-order valence-corrected chi connectivity index (χ4v) is 3.97. The standard InChI is InChI=1S/C21H26N2O3S/c24-27(25,26-21-11-5-2-6-12-21)19-18-23-16-14-22(15-17-23)13-7-10-20-8-3-1-4-9-20/h1-12H,13-19H2/b10-7+. The third kappa shape index (κ3) is 6.82. The van der Waals surface area contributed by atoms with Crippen LogP contribution in [0.5, 0.6) is 5.75 Å². The molecule has 0 aromatic heterocycles. The van der Waals surface area contributed by atoms with Gasteiger partial charge in [-0.15, -0.1) is 0 Å². The van der Waals surface area contributed by atoms with Gasteiger partial charge in [-0.3, -0.25) is 9.80 Å². The first-order valence-electron chi connectivity index (χ1n) is 9.24. The van der Waals surface area contributed by atoms with E-state index >= 15 is 0 Å². The van der Waals surface area contributed by atoms with Gasteiger partial charge in [0.15, 0.2) is 0 Å². The van der Waals surface area contributed by atoms with Crippen LogP contribution in [-0.2, 0) is 10.1 Å². The molecule has 1 heterocycles. The summed E-state index contributed by atoms with van der Waals surface area (Å²) in [6.45, 7) is 5.05. The van der Waals surface area contributed by atoms with Crippen molar-refractivity contribution in [3.8, 4) is 5.75 Å². The molecule has 0 radical (unpaired) electrons. The van der Waals surface area contributed by atoms with Crippen molar-refractivity contribution in [3.63, 3.8) is 0 Å². The summed E-state index contributed by atoms with van der Waals surface area (Å²) >= 11 is 0. The molecule has 6 heteroatoms. The second kappa shape index (κ2) is 9.69. The zero-order chi connectivity index (χ0) is 19.0. The number of piperazine rings is 1. The SMILES string of the molecule is O=S(=O)(CCN1CCN(C/C=C/c2ccccc2)CC1)Oc1ccccc1. The number of benzene rings is 2. The molecule has 0 unspecified atom stereocenters. The molecule has 144 valence electrons. The highest BCUT2D eigenvalue weighted by Gasteiger charge is 2.19. The van der Waals surface area contributed by atoms with Crippen LogP contribution in [0.1, 0.15) is 5.56 Å². The molecular weight excluding hydrogens is 360 g/mol. The zero-order valence-corrected chi connectivity index (χ0v) is 16.2. The molecule has 0 bridgehead atoms. The maximum atomic E-state index is 12.1. The van der Waals surface area contributed by atoms with Crippen LogP contribution in [0.25, 0.3) is 6.08 Å². The molecule has 0 N–H and O–H groups in total. The molecule has 0 amide bonds. The van der Waals surface area contributed by atoms with Crippen LogP contribution in [0.3, 0.4) is 0 Å². The molecule has 5 nitrogen and oxygen atoms in total.